The third-order valence-electron chi connectivity index (χ3n) is 2.27. The molecule has 0 aliphatic carbocycles. The maximum Gasteiger partial charge on any atom is 0.238 e. The third kappa shape index (κ3) is 4.42. The molecular formula is C12H18N2O3. The van der Waals surface area contributed by atoms with Gasteiger partial charge in [0.05, 0.1) is 25.9 Å². The molecule has 1 amide bonds. The number of hydrogen-bond acceptors (Lipinski definition) is 4. The number of anilines is 1. The van der Waals surface area contributed by atoms with E-state index in [0.29, 0.717) is 11.4 Å². The Morgan fingerprint density at radius 2 is 2.18 bits per heavy atom. The molecule has 1 aromatic rings. The predicted molar refractivity (Wildman–Crippen MR) is 66.2 cm³/mol. The van der Waals surface area contributed by atoms with Gasteiger partial charge < -0.3 is 20.5 Å². The summed E-state index contributed by atoms with van der Waals surface area (Å²) in [7, 11) is 1.55. The highest BCUT2D eigenvalue weighted by molar-refractivity contribution is 5.93. The molecule has 0 heterocycles. The van der Waals surface area contributed by atoms with Gasteiger partial charge in [-0.05, 0) is 19.1 Å². The second-order valence-corrected chi connectivity index (χ2v) is 3.71. The van der Waals surface area contributed by atoms with Gasteiger partial charge in [0, 0.05) is 6.04 Å². The van der Waals surface area contributed by atoms with Crippen LogP contribution in [-0.4, -0.2) is 37.3 Å². The van der Waals surface area contributed by atoms with Gasteiger partial charge in [-0.25, -0.2) is 0 Å². The molecule has 17 heavy (non-hydrogen) atoms. The van der Waals surface area contributed by atoms with E-state index in [9.17, 15) is 4.79 Å². The number of methoxy groups -OCH3 is 1. The lowest BCUT2D eigenvalue weighted by atomic mass is 10.3. The van der Waals surface area contributed by atoms with Gasteiger partial charge in [0.15, 0.2) is 0 Å². The topological polar surface area (TPSA) is 70.6 Å². The number of benzene rings is 1. The fraction of sp³-hybridized carbons (Fsp3) is 0.417. The van der Waals surface area contributed by atoms with E-state index in [1.54, 1.807) is 26.2 Å². The molecule has 0 saturated heterocycles. The van der Waals surface area contributed by atoms with Crippen molar-refractivity contribution in [2.24, 2.45) is 0 Å². The average Bonchev–Trinajstić information content (AvgIpc) is 2.36. The first-order chi connectivity index (χ1) is 8.17. The molecule has 0 fully saturated rings. The number of rotatable bonds is 6. The highest BCUT2D eigenvalue weighted by atomic mass is 16.5. The minimum absolute atomic E-state index is 0.00192. The maximum atomic E-state index is 11.6. The summed E-state index contributed by atoms with van der Waals surface area (Å²) < 4.78 is 5.12. The Hall–Kier alpha value is -1.59. The van der Waals surface area contributed by atoms with Crippen molar-refractivity contribution in [1.29, 1.82) is 0 Å². The highest BCUT2D eigenvalue weighted by Gasteiger charge is 2.07. The van der Waals surface area contributed by atoms with Crippen LogP contribution in [0.1, 0.15) is 6.92 Å². The molecule has 1 rings (SSSR count). The van der Waals surface area contributed by atoms with E-state index >= 15 is 0 Å². The molecule has 0 aromatic heterocycles. The average molecular weight is 238 g/mol. The van der Waals surface area contributed by atoms with Crippen LogP contribution < -0.4 is 15.4 Å². The van der Waals surface area contributed by atoms with Crippen molar-refractivity contribution < 1.29 is 14.6 Å². The van der Waals surface area contributed by atoms with Crippen LogP contribution in [0.15, 0.2) is 24.3 Å². The summed E-state index contributed by atoms with van der Waals surface area (Å²) >= 11 is 0. The van der Waals surface area contributed by atoms with Gasteiger partial charge in [-0.15, -0.1) is 0 Å². The van der Waals surface area contributed by atoms with E-state index in [1.807, 2.05) is 12.1 Å². The largest absolute Gasteiger partial charge is 0.495 e. The summed E-state index contributed by atoms with van der Waals surface area (Å²) in [6, 6.07) is 7.10. The minimum atomic E-state index is -0.171. The molecule has 94 valence electrons. The number of carbonyl (C=O) groups is 1. The summed E-state index contributed by atoms with van der Waals surface area (Å²) in [6.45, 7) is 1.96. The van der Waals surface area contributed by atoms with E-state index in [1.165, 1.54) is 0 Å². The molecule has 1 aromatic carbocycles. The molecule has 1 atom stereocenters. The molecule has 1 unspecified atom stereocenters. The van der Waals surface area contributed by atoms with Crippen LogP contribution in [0.5, 0.6) is 5.75 Å². The number of para-hydroxylation sites is 2. The second kappa shape index (κ2) is 6.88. The fourth-order valence-corrected chi connectivity index (χ4v) is 1.27. The number of hydrogen-bond donors (Lipinski definition) is 3. The van der Waals surface area contributed by atoms with Crippen LogP contribution in [0.3, 0.4) is 0 Å². The Morgan fingerprint density at radius 1 is 1.47 bits per heavy atom. The number of nitrogens with one attached hydrogen (secondary N) is 2. The molecule has 5 heteroatoms. The Morgan fingerprint density at radius 3 is 2.82 bits per heavy atom. The van der Waals surface area contributed by atoms with Gasteiger partial charge in [0.2, 0.25) is 5.91 Å². The molecule has 0 saturated carbocycles. The Labute approximate surface area is 101 Å². The SMILES string of the molecule is COc1ccccc1NC(=O)CNC(C)CO. The van der Waals surface area contributed by atoms with Crippen LogP contribution >= 0.6 is 0 Å². The monoisotopic (exact) mass is 238 g/mol. The summed E-state index contributed by atoms with van der Waals surface area (Å²) in [5.74, 6) is 0.450. The summed E-state index contributed by atoms with van der Waals surface area (Å²) in [5.41, 5.74) is 0.637. The number of ether oxygens (including phenoxy) is 1. The lowest BCUT2D eigenvalue weighted by Crippen LogP contribution is -2.36. The van der Waals surface area contributed by atoms with Gasteiger partial charge in [-0.1, -0.05) is 12.1 Å². The first-order valence-electron chi connectivity index (χ1n) is 5.44. The van der Waals surface area contributed by atoms with Crippen molar-refractivity contribution >= 4 is 11.6 Å². The standard InChI is InChI=1S/C12H18N2O3/c1-9(8-15)13-7-12(16)14-10-5-3-4-6-11(10)17-2/h3-6,9,13,15H,7-8H2,1-2H3,(H,14,16). The van der Waals surface area contributed by atoms with Crippen molar-refractivity contribution in [3.63, 3.8) is 0 Å². The zero-order chi connectivity index (χ0) is 12.7. The van der Waals surface area contributed by atoms with Gasteiger partial charge in [-0.2, -0.15) is 0 Å². The third-order valence-corrected chi connectivity index (χ3v) is 2.27. The van der Waals surface area contributed by atoms with Crippen LogP contribution in [0, 0.1) is 0 Å². The van der Waals surface area contributed by atoms with Crippen LogP contribution in [-0.2, 0) is 4.79 Å². The van der Waals surface area contributed by atoms with Gasteiger partial charge in [0.1, 0.15) is 5.75 Å². The molecular weight excluding hydrogens is 220 g/mol. The lowest BCUT2D eigenvalue weighted by molar-refractivity contribution is -0.115. The lowest BCUT2D eigenvalue weighted by Gasteiger charge is -2.12. The first-order valence-corrected chi connectivity index (χ1v) is 5.44. The van der Waals surface area contributed by atoms with Crippen molar-refractivity contribution in [2.45, 2.75) is 13.0 Å². The van der Waals surface area contributed by atoms with Crippen molar-refractivity contribution in [1.82, 2.24) is 5.32 Å². The Balaban J connectivity index is 2.50. The molecule has 0 aliphatic heterocycles. The van der Waals surface area contributed by atoms with Crippen molar-refractivity contribution in [2.75, 3.05) is 25.6 Å². The zero-order valence-electron chi connectivity index (χ0n) is 10.1. The summed E-state index contributed by atoms with van der Waals surface area (Å²) in [4.78, 5) is 11.6. The number of aliphatic hydroxyl groups is 1. The van der Waals surface area contributed by atoms with Crippen LogP contribution in [0.4, 0.5) is 5.69 Å². The predicted octanol–water partition coefficient (Wildman–Crippen LogP) is 0.604. The molecule has 0 radical (unpaired) electrons. The van der Waals surface area contributed by atoms with Crippen LogP contribution in [0.2, 0.25) is 0 Å². The maximum absolute atomic E-state index is 11.6. The quantitative estimate of drug-likeness (QED) is 0.679. The van der Waals surface area contributed by atoms with Crippen molar-refractivity contribution in [3.8, 4) is 5.75 Å². The highest BCUT2D eigenvalue weighted by Crippen LogP contribution is 2.22. The smallest absolute Gasteiger partial charge is 0.238 e. The fourth-order valence-electron chi connectivity index (χ4n) is 1.27. The van der Waals surface area contributed by atoms with E-state index in [2.05, 4.69) is 10.6 Å². The zero-order valence-corrected chi connectivity index (χ0v) is 10.1. The van der Waals surface area contributed by atoms with Crippen LogP contribution in [0.25, 0.3) is 0 Å². The van der Waals surface area contributed by atoms with Gasteiger partial charge in [0.25, 0.3) is 0 Å². The minimum Gasteiger partial charge on any atom is -0.495 e. The van der Waals surface area contributed by atoms with E-state index in [0.717, 1.165) is 0 Å². The molecule has 0 bridgehead atoms. The first kappa shape index (κ1) is 13.5. The van der Waals surface area contributed by atoms with E-state index < -0.39 is 0 Å². The van der Waals surface area contributed by atoms with Gasteiger partial charge in [-0.3, -0.25) is 4.79 Å². The molecule has 0 aliphatic rings. The Kier molecular flexibility index (Phi) is 5.45. The number of carbonyl (C=O) groups excluding carboxylic acids is 1. The number of aliphatic hydroxyl groups excluding tert-OH is 1. The van der Waals surface area contributed by atoms with E-state index in [4.69, 9.17) is 9.84 Å². The number of amides is 1. The summed E-state index contributed by atoms with van der Waals surface area (Å²) in [6.07, 6.45) is 0. The molecule has 3 N–H and O–H groups in total. The Bertz CT molecular complexity index is 369. The van der Waals surface area contributed by atoms with Crippen molar-refractivity contribution in [3.05, 3.63) is 24.3 Å². The normalized spacial score (nSPS) is 11.9. The second-order valence-electron chi connectivity index (χ2n) is 3.71. The summed E-state index contributed by atoms with van der Waals surface area (Å²) in [5, 5.41) is 14.4. The van der Waals surface area contributed by atoms with E-state index in [-0.39, 0.29) is 25.1 Å². The molecule has 5 nitrogen and oxygen atoms in total. The van der Waals surface area contributed by atoms with Gasteiger partial charge >= 0.3 is 0 Å². The molecule has 0 spiro atoms.